The van der Waals surface area contributed by atoms with Crippen molar-refractivity contribution in [3.8, 4) is 5.75 Å². The molecule has 7 nitrogen and oxygen atoms in total. The third-order valence-electron chi connectivity index (χ3n) is 5.20. The first-order valence-corrected chi connectivity index (χ1v) is 9.33. The van der Waals surface area contributed by atoms with Gasteiger partial charge in [-0.2, -0.15) is 0 Å². The van der Waals surface area contributed by atoms with Crippen LogP contribution in [0.5, 0.6) is 5.75 Å². The smallest absolute Gasteiger partial charge is 0.261 e. The molecule has 0 saturated heterocycles. The molecule has 0 bridgehead atoms. The zero-order valence-corrected chi connectivity index (χ0v) is 16.3. The van der Waals surface area contributed by atoms with Gasteiger partial charge in [0.2, 0.25) is 5.91 Å². The van der Waals surface area contributed by atoms with Gasteiger partial charge in [0, 0.05) is 43.7 Å². The summed E-state index contributed by atoms with van der Waals surface area (Å²) in [5.41, 5.74) is 2.79. The van der Waals surface area contributed by atoms with Crippen molar-refractivity contribution in [3.05, 3.63) is 65.4 Å². The number of ether oxygens (including phenoxy) is 1. The highest BCUT2D eigenvalue weighted by Gasteiger charge is 2.34. The minimum absolute atomic E-state index is 0.0551. The zero-order chi connectivity index (χ0) is 20.5. The molecule has 1 N–H and O–H groups in total. The van der Waals surface area contributed by atoms with Crippen molar-refractivity contribution < 1.29 is 19.1 Å². The second-order valence-electron chi connectivity index (χ2n) is 6.98. The molecule has 0 saturated carbocycles. The van der Waals surface area contributed by atoms with E-state index in [4.69, 9.17) is 4.74 Å². The van der Waals surface area contributed by atoms with Gasteiger partial charge in [0.05, 0.1) is 18.2 Å². The molecule has 1 aliphatic heterocycles. The Bertz CT molecular complexity index is 1100. The first-order valence-electron chi connectivity index (χ1n) is 9.33. The molecule has 3 aromatic rings. The number of carbonyl (C=O) groups is 3. The molecular formula is C22H21N3O4. The van der Waals surface area contributed by atoms with E-state index in [1.54, 1.807) is 31.4 Å². The Hall–Kier alpha value is -3.61. The van der Waals surface area contributed by atoms with E-state index in [9.17, 15) is 14.4 Å². The number of carbonyl (C=O) groups excluding carboxylic acids is 3. The summed E-state index contributed by atoms with van der Waals surface area (Å²) in [7, 11) is 3.56. The average Bonchev–Trinajstić information content (AvgIpc) is 3.18. The van der Waals surface area contributed by atoms with Gasteiger partial charge in [-0.15, -0.1) is 0 Å². The summed E-state index contributed by atoms with van der Waals surface area (Å²) in [6, 6.07) is 12.5. The van der Waals surface area contributed by atoms with Gasteiger partial charge < -0.3 is 14.6 Å². The molecule has 0 spiro atoms. The summed E-state index contributed by atoms with van der Waals surface area (Å²) >= 11 is 0. The zero-order valence-electron chi connectivity index (χ0n) is 16.3. The normalized spacial score (nSPS) is 13.1. The SMILES string of the molecule is COc1ccc2c(c1)c(CNC(=O)CCN1C(=O)c3ccccc3C1=O)cn2C. The Morgan fingerprint density at radius 1 is 1.07 bits per heavy atom. The van der Waals surface area contributed by atoms with Crippen LogP contribution in [0.1, 0.15) is 32.7 Å². The highest BCUT2D eigenvalue weighted by Crippen LogP contribution is 2.25. The Morgan fingerprint density at radius 2 is 1.76 bits per heavy atom. The molecule has 0 fully saturated rings. The van der Waals surface area contributed by atoms with E-state index < -0.39 is 0 Å². The largest absolute Gasteiger partial charge is 0.497 e. The van der Waals surface area contributed by atoms with Crippen LogP contribution >= 0.6 is 0 Å². The number of aromatic nitrogens is 1. The van der Waals surface area contributed by atoms with Crippen LogP contribution in [0, 0.1) is 0 Å². The lowest BCUT2D eigenvalue weighted by molar-refractivity contribution is -0.121. The monoisotopic (exact) mass is 391 g/mol. The van der Waals surface area contributed by atoms with E-state index in [0.717, 1.165) is 27.1 Å². The number of fused-ring (bicyclic) bond motifs is 2. The van der Waals surface area contributed by atoms with E-state index in [2.05, 4.69) is 5.32 Å². The third kappa shape index (κ3) is 3.35. The minimum atomic E-state index is -0.348. The maximum Gasteiger partial charge on any atom is 0.261 e. The van der Waals surface area contributed by atoms with Crippen LogP contribution in [0.2, 0.25) is 0 Å². The van der Waals surface area contributed by atoms with E-state index in [0.29, 0.717) is 17.7 Å². The van der Waals surface area contributed by atoms with E-state index in [-0.39, 0.29) is 30.7 Å². The first kappa shape index (κ1) is 18.7. The first-order chi connectivity index (χ1) is 14.0. The predicted molar refractivity (Wildman–Crippen MR) is 108 cm³/mol. The lowest BCUT2D eigenvalue weighted by Gasteiger charge is -2.13. The summed E-state index contributed by atoms with van der Waals surface area (Å²) < 4.78 is 7.28. The molecule has 0 atom stereocenters. The maximum absolute atomic E-state index is 12.4. The standard InChI is InChI=1S/C22H21N3O4/c1-24-13-14(18-11-15(29-2)7-8-19(18)24)12-23-20(26)9-10-25-21(27)16-5-3-4-6-17(16)22(25)28/h3-8,11,13H,9-10,12H2,1-2H3,(H,23,26). The quantitative estimate of drug-likeness (QED) is 0.655. The second-order valence-corrected chi connectivity index (χ2v) is 6.98. The van der Waals surface area contributed by atoms with Crippen LogP contribution in [0.4, 0.5) is 0 Å². The minimum Gasteiger partial charge on any atom is -0.497 e. The Morgan fingerprint density at radius 3 is 2.41 bits per heavy atom. The summed E-state index contributed by atoms with van der Waals surface area (Å²) in [6.07, 6.45) is 2.02. The van der Waals surface area contributed by atoms with E-state index in [1.807, 2.05) is 36.0 Å². The molecule has 4 rings (SSSR count). The molecule has 1 aromatic heterocycles. The van der Waals surface area contributed by atoms with Crippen molar-refractivity contribution in [2.75, 3.05) is 13.7 Å². The van der Waals surface area contributed by atoms with Gasteiger partial charge in [0.1, 0.15) is 5.75 Å². The van der Waals surface area contributed by atoms with Crippen molar-refractivity contribution >= 4 is 28.6 Å². The number of rotatable bonds is 6. The summed E-state index contributed by atoms with van der Waals surface area (Å²) in [4.78, 5) is 38.2. The van der Waals surface area contributed by atoms with Gasteiger partial charge in [-0.25, -0.2) is 0 Å². The van der Waals surface area contributed by atoms with Crippen LogP contribution in [-0.2, 0) is 18.4 Å². The van der Waals surface area contributed by atoms with Gasteiger partial charge in [-0.05, 0) is 35.9 Å². The number of benzene rings is 2. The summed E-state index contributed by atoms with van der Waals surface area (Å²) in [5.74, 6) is -0.164. The van der Waals surface area contributed by atoms with Gasteiger partial charge in [-0.1, -0.05) is 12.1 Å². The molecular weight excluding hydrogens is 370 g/mol. The fourth-order valence-electron chi connectivity index (χ4n) is 3.66. The van der Waals surface area contributed by atoms with Crippen molar-refractivity contribution in [3.63, 3.8) is 0 Å². The predicted octanol–water partition coefficient (Wildman–Crippen LogP) is 2.49. The number of nitrogens with zero attached hydrogens (tertiary/aromatic N) is 2. The number of aryl methyl sites for hydroxylation is 1. The lowest BCUT2D eigenvalue weighted by Crippen LogP contribution is -2.34. The second kappa shape index (κ2) is 7.43. The highest BCUT2D eigenvalue weighted by molar-refractivity contribution is 6.21. The average molecular weight is 391 g/mol. The third-order valence-corrected chi connectivity index (χ3v) is 5.20. The van der Waals surface area contributed by atoms with Crippen LogP contribution < -0.4 is 10.1 Å². The molecule has 148 valence electrons. The number of amides is 3. The molecule has 0 aliphatic carbocycles. The number of hydrogen-bond acceptors (Lipinski definition) is 4. The highest BCUT2D eigenvalue weighted by atomic mass is 16.5. The summed E-state index contributed by atoms with van der Waals surface area (Å²) in [5, 5.41) is 3.88. The molecule has 0 radical (unpaired) electrons. The van der Waals surface area contributed by atoms with Crippen molar-refractivity contribution in [1.29, 1.82) is 0 Å². The van der Waals surface area contributed by atoms with Crippen molar-refractivity contribution in [2.24, 2.45) is 7.05 Å². The number of imide groups is 1. The van der Waals surface area contributed by atoms with Gasteiger partial charge in [-0.3, -0.25) is 19.3 Å². The van der Waals surface area contributed by atoms with Gasteiger partial charge in [0.25, 0.3) is 11.8 Å². The van der Waals surface area contributed by atoms with Crippen molar-refractivity contribution in [1.82, 2.24) is 14.8 Å². The topological polar surface area (TPSA) is 80.6 Å². The molecule has 1 aliphatic rings. The summed E-state index contributed by atoms with van der Waals surface area (Å²) in [6.45, 7) is 0.410. The van der Waals surface area contributed by atoms with E-state index >= 15 is 0 Å². The van der Waals surface area contributed by atoms with Crippen LogP contribution in [0.15, 0.2) is 48.7 Å². The molecule has 3 amide bonds. The fourth-order valence-corrected chi connectivity index (χ4v) is 3.66. The van der Waals surface area contributed by atoms with Crippen LogP contribution in [0.3, 0.4) is 0 Å². The Kier molecular flexibility index (Phi) is 4.80. The molecule has 2 heterocycles. The Labute approximate surface area is 167 Å². The van der Waals surface area contributed by atoms with E-state index in [1.165, 1.54) is 0 Å². The Balaban J connectivity index is 1.39. The van der Waals surface area contributed by atoms with Crippen molar-refractivity contribution in [2.45, 2.75) is 13.0 Å². The number of methoxy groups -OCH3 is 1. The molecule has 2 aromatic carbocycles. The lowest BCUT2D eigenvalue weighted by atomic mass is 10.1. The van der Waals surface area contributed by atoms with Gasteiger partial charge in [0.15, 0.2) is 0 Å². The van der Waals surface area contributed by atoms with Gasteiger partial charge >= 0.3 is 0 Å². The van der Waals surface area contributed by atoms with Crippen LogP contribution in [0.25, 0.3) is 10.9 Å². The number of hydrogen-bond donors (Lipinski definition) is 1. The fraction of sp³-hybridized carbons (Fsp3) is 0.227. The maximum atomic E-state index is 12.4. The molecule has 7 heteroatoms. The number of nitrogens with one attached hydrogen (secondary N) is 1. The molecule has 0 unspecified atom stereocenters. The molecule has 29 heavy (non-hydrogen) atoms. The van der Waals surface area contributed by atoms with Crippen LogP contribution in [-0.4, -0.2) is 40.8 Å².